The standard InChI is InChI=1S/C17H16O4/c1-2-15(18)17(21)13-6-4-3-5-11(13)12-8-7-10(16(19)20)9-14(12)17/h3-9,15,18,21H,2H2,1H3,(H,19,20). The molecule has 0 saturated heterocycles. The van der Waals surface area contributed by atoms with Gasteiger partial charge in [0.2, 0.25) is 0 Å². The Kier molecular flexibility index (Phi) is 3.08. The quantitative estimate of drug-likeness (QED) is 0.808. The van der Waals surface area contributed by atoms with Crippen molar-refractivity contribution >= 4 is 5.97 Å². The lowest BCUT2D eigenvalue weighted by Gasteiger charge is -2.30. The van der Waals surface area contributed by atoms with Gasteiger partial charge in [-0.1, -0.05) is 37.3 Å². The van der Waals surface area contributed by atoms with Gasteiger partial charge in [-0.05, 0) is 40.8 Å². The first-order valence-corrected chi connectivity index (χ1v) is 6.88. The summed E-state index contributed by atoms with van der Waals surface area (Å²) in [6, 6.07) is 12.0. The van der Waals surface area contributed by atoms with Crippen molar-refractivity contribution in [2.45, 2.75) is 25.0 Å². The molecule has 4 nitrogen and oxygen atoms in total. The predicted octanol–water partition coefficient (Wildman–Crippen LogP) is 2.37. The second kappa shape index (κ2) is 4.69. The summed E-state index contributed by atoms with van der Waals surface area (Å²) in [7, 11) is 0. The number of hydrogen-bond acceptors (Lipinski definition) is 3. The van der Waals surface area contributed by atoms with Gasteiger partial charge in [-0.25, -0.2) is 4.79 Å². The van der Waals surface area contributed by atoms with Gasteiger partial charge >= 0.3 is 5.97 Å². The van der Waals surface area contributed by atoms with Crippen LogP contribution in [0.1, 0.15) is 34.8 Å². The van der Waals surface area contributed by atoms with Crippen LogP contribution in [0.3, 0.4) is 0 Å². The van der Waals surface area contributed by atoms with Crippen molar-refractivity contribution in [3.8, 4) is 11.1 Å². The van der Waals surface area contributed by atoms with Crippen molar-refractivity contribution in [3.63, 3.8) is 0 Å². The summed E-state index contributed by atoms with van der Waals surface area (Å²) in [5.41, 5.74) is 1.22. The van der Waals surface area contributed by atoms with Gasteiger partial charge in [-0.15, -0.1) is 0 Å². The van der Waals surface area contributed by atoms with Crippen LogP contribution in [0.25, 0.3) is 11.1 Å². The number of rotatable bonds is 3. The third-order valence-electron chi connectivity index (χ3n) is 4.17. The molecule has 0 amide bonds. The molecule has 1 aliphatic carbocycles. The van der Waals surface area contributed by atoms with Crippen LogP contribution < -0.4 is 0 Å². The highest BCUT2D eigenvalue weighted by molar-refractivity contribution is 5.91. The molecule has 0 heterocycles. The zero-order valence-corrected chi connectivity index (χ0v) is 11.6. The summed E-state index contributed by atoms with van der Waals surface area (Å²) in [5, 5.41) is 30.6. The van der Waals surface area contributed by atoms with Gasteiger partial charge in [0.25, 0.3) is 0 Å². The number of hydrogen-bond donors (Lipinski definition) is 3. The molecule has 0 spiro atoms. The maximum Gasteiger partial charge on any atom is 0.335 e. The summed E-state index contributed by atoms with van der Waals surface area (Å²) in [6.45, 7) is 1.78. The lowest BCUT2D eigenvalue weighted by atomic mass is 9.84. The third-order valence-corrected chi connectivity index (χ3v) is 4.17. The Morgan fingerprint density at radius 3 is 2.48 bits per heavy atom. The van der Waals surface area contributed by atoms with E-state index in [2.05, 4.69) is 0 Å². The Hall–Kier alpha value is -2.17. The van der Waals surface area contributed by atoms with Crippen LogP contribution in [0.2, 0.25) is 0 Å². The summed E-state index contributed by atoms with van der Waals surface area (Å²) in [5.74, 6) is -1.05. The van der Waals surface area contributed by atoms with Crippen LogP contribution in [0.5, 0.6) is 0 Å². The second-order valence-electron chi connectivity index (χ2n) is 5.30. The molecule has 108 valence electrons. The molecule has 3 rings (SSSR count). The number of aliphatic hydroxyl groups excluding tert-OH is 1. The van der Waals surface area contributed by atoms with Gasteiger partial charge in [0, 0.05) is 0 Å². The number of carboxylic acid groups (broad SMARTS) is 1. The smallest absolute Gasteiger partial charge is 0.335 e. The second-order valence-corrected chi connectivity index (χ2v) is 5.30. The molecule has 1 aliphatic rings. The van der Waals surface area contributed by atoms with Crippen molar-refractivity contribution in [3.05, 3.63) is 59.2 Å². The number of carbonyl (C=O) groups is 1. The van der Waals surface area contributed by atoms with Crippen LogP contribution in [-0.4, -0.2) is 27.4 Å². The van der Waals surface area contributed by atoms with E-state index in [4.69, 9.17) is 5.11 Å². The van der Waals surface area contributed by atoms with E-state index in [1.54, 1.807) is 25.1 Å². The average Bonchev–Trinajstić information content (AvgIpc) is 2.77. The highest BCUT2D eigenvalue weighted by Crippen LogP contribution is 2.49. The molecule has 2 aromatic carbocycles. The van der Waals surface area contributed by atoms with Crippen molar-refractivity contribution in [1.82, 2.24) is 0 Å². The summed E-state index contributed by atoms with van der Waals surface area (Å²) >= 11 is 0. The minimum Gasteiger partial charge on any atom is -0.478 e. The minimum atomic E-state index is -1.56. The van der Waals surface area contributed by atoms with E-state index in [1.807, 2.05) is 12.1 Å². The molecule has 4 heteroatoms. The third kappa shape index (κ3) is 1.80. The van der Waals surface area contributed by atoms with Crippen molar-refractivity contribution in [1.29, 1.82) is 0 Å². The summed E-state index contributed by atoms with van der Waals surface area (Å²) in [4.78, 5) is 11.2. The zero-order valence-electron chi connectivity index (χ0n) is 11.6. The Labute approximate surface area is 122 Å². The topological polar surface area (TPSA) is 77.8 Å². The summed E-state index contributed by atoms with van der Waals surface area (Å²) < 4.78 is 0. The lowest BCUT2D eigenvalue weighted by Crippen LogP contribution is -2.38. The van der Waals surface area contributed by atoms with E-state index < -0.39 is 17.7 Å². The fraction of sp³-hybridized carbons (Fsp3) is 0.235. The molecular weight excluding hydrogens is 268 g/mol. The van der Waals surface area contributed by atoms with Gasteiger partial charge in [-0.2, -0.15) is 0 Å². The van der Waals surface area contributed by atoms with Crippen LogP contribution in [0.15, 0.2) is 42.5 Å². The largest absolute Gasteiger partial charge is 0.478 e. The zero-order chi connectivity index (χ0) is 15.2. The Bertz CT molecular complexity index is 722. The lowest BCUT2D eigenvalue weighted by molar-refractivity contribution is -0.0478. The summed E-state index contributed by atoms with van der Waals surface area (Å²) in [6.07, 6.45) is -0.634. The van der Waals surface area contributed by atoms with E-state index in [-0.39, 0.29) is 5.56 Å². The number of aliphatic hydroxyl groups is 2. The maximum atomic E-state index is 11.2. The Morgan fingerprint density at radius 1 is 1.14 bits per heavy atom. The molecule has 0 aliphatic heterocycles. The first-order valence-electron chi connectivity index (χ1n) is 6.88. The predicted molar refractivity (Wildman–Crippen MR) is 78.1 cm³/mol. The van der Waals surface area contributed by atoms with Gasteiger partial charge < -0.3 is 15.3 Å². The molecule has 0 fully saturated rings. The van der Waals surface area contributed by atoms with E-state index in [9.17, 15) is 15.0 Å². The molecule has 2 atom stereocenters. The highest BCUT2D eigenvalue weighted by Gasteiger charge is 2.46. The van der Waals surface area contributed by atoms with E-state index >= 15 is 0 Å². The Morgan fingerprint density at radius 2 is 1.81 bits per heavy atom. The molecule has 0 radical (unpaired) electrons. The van der Waals surface area contributed by atoms with E-state index in [1.165, 1.54) is 12.1 Å². The first-order chi connectivity index (χ1) is 10.00. The van der Waals surface area contributed by atoms with E-state index in [0.29, 0.717) is 17.5 Å². The molecular formula is C17H16O4. The van der Waals surface area contributed by atoms with Crippen LogP contribution in [0, 0.1) is 0 Å². The molecule has 2 unspecified atom stereocenters. The molecule has 2 aromatic rings. The molecule has 21 heavy (non-hydrogen) atoms. The minimum absolute atomic E-state index is 0.100. The molecule has 3 N–H and O–H groups in total. The number of fused-ring (bicyclic) bond motifs is 3. The molecule has 0 aromatic heterocycles. The van der Waals surface area contributed by atoms with Crippen LogP contribution in [-0.2, 0) is 5.60 Å². The van der Waals surface area contributed by atoms with Gasteiger partial charge in [-0.3, -0.25) is 0 Å². The highest BCUT2D eigenvalue weighted by atomic mass is 16.4. The number of carboxylic acids is 1. The monoisotopic (exact) mass is 284 g/mol. The van der Waals surface area contributed by atoms with Gasteiger partial charge in [0.15, 0.2) is 0 Å². The molecule has 0 bridgehead atoms. The van der Waals surface area contributed by atoms with Crippen LogP contribution in [0.4, 0.5) is 0 Å². The SMILES string of the molecule is CCC(O)C1(O)c2ccccc2-c2ccc(C(=O)O)cc21. The average molecular weight is 284 g/mol. The Balaban J connectivity index is 2.32. The van der Waals surface area contributed by atoms with Gasteiger partial charge in [0.05, 0.1) is 11.7 Å². The maximum absolute atomic E-state index is 11.2. The molecule has 0 saturated carbocycles. The van der Waals surface area contributed by atoms with Gasteiger partial charge in [0.1, 0.15) is 5.60 Å². The first kappa shape index (κ1) is 13.8. The van der Waals surface area contributed by atoms with Crippen LogP contribution >= 0.6 is 0 Å². The van der Waals surface area contributed by atoms with E-state index in [0.717, 1.165) is 11.1 Å². The normalized spacial score (nSPS) is 20.7. The fourth-order valence-electron chi connectivity index (χ4n) is 3.08. The van der Waals surface area contributed by atoms with Crippen molar-refractivity contribution in [2.24, 2.45) is 0 Å². The number of benzene rings is 2. The number of aromatic carboxylic acids is 1. The fourth-order valence-corrected chi connectivity index (χ4v) is 3.08. The van der Waals surface area contributed by atoms with Crippen molar-refractivity contribution < 1.29 is 20.1 Å². The van der Waals surface area contributed by atoms with Crippen molar-refractivity contribution in [2.75, 3.05) is 0 Å².